The van der Waals surface area contributed by atoms with Crippen molar-refractivity contribution in [3.8, 4) is 0 Å². The molecule has 78 valence electrons. The van der Waals surface area contributed by atoms with E-state index < -0.39 is 6.17 Å². The minimum Gasteiger partial charge on any atom is -0.337 e. The van der Waals surface area contributed by atoms with Crippen LogP contribution in [0, 0.1) is 0 Å². The van der Waals surface area contributed by atoms with Crippen LogP contribution in [-0.4, -0.2) is 29.9 Å². The molecule has 1 atom stereocenters. The normalized spacial score (nSPS) is 11.2. The van der Waals surface area contributed by atoms with Crippen LogP contribution in [0.2, 0.25) is 0 Å². The standard InChI is InChI=1S/C9H15N3O2/c1-3-8(10)11-9(14)5-6-12(4-2)7-13/h3-4,7-8H,1-2,5-6,10H2,(H,11,14). The van der Waals surface area contributed by atoms with Crippen LogP contribution in [0.5, 0.6) is 0 Å². The smallest absolute Gasteiger partial charge is 0.223 e. The summed E-state index contributed by atoms with van der Waals surface area (Å²) in [6, 6.07) is 0. The number of hydrogen-bond acceptors (Lipinski definition) is 3. The monoisotopic (exact) mass is 197 g/mol. The second-order valence-corrected chi connectivity index (χ2v) is 2.60. The van der Waals surface area contributed by atoms with Crippen LogP contribution in [-0.2, 0) is 9.59 Å². The zero-order chi connectivity index (χ0) is 11.0. The third-order valence-corrected chi connectivity index (χ3v) is 1.55. The average molecular weight is 197 g/mol. The van der Waals surface area contributed by atoms with Crippen molar-refractivity contribution in [2.24, 2.45) is 5.73 Å². The number of carbonyl (C=O) groups is 2. The third kappa shape index (κ3) is 5.10. The quantitative estimate of drug-likeness (QED) is 0.330. The number of nitrogens with one attached hydrogen (secondary N) is 1. The Kier molecular flexibility index (Phi) is 6.06. The zero-order valence-electron chi connectivity index (χ0n) is 7.98. The molecule has 14 heavy (non-hydrogen) atoms. The molecule has 0 aliphatic rings. The van der Waals surface area contributed by atoms with E-state index in [0.29, 0.717) is 13.0 Å². The lowest BCUT2D eigenvalue weighted by Crippen LogP contribution is -2.40. The molecule has 0 aliphatic carbocycles. The van der Waals surface area contributed by atoms with Gasteiger partial charge >= 0.3 is 0 Å². The molecule has 0 aromatic heterocycles. The number of rotatable bonds is 7. The summed E-state index contributed by atoms with van der Waals surface area (Å²) in [4.78, 5) is 22.7. The molecule has 3 N–H and O–H groups in total. The van der Waals surface area contributed by atoms with E-state index in [0.717, 1.165) is 0 Å². The lowest BCUT2D eigenvalue weighted by molar-refractivity contribution is -0.122. The Morgan fingerprint density at radius 3 is 2.64 bits per heavy atom. The Morgan fingerprint density at radius 2 is 2.21 bits per heavy atom. The van der Waals surface area contributed by atoms with E-state index >= 15 is 0 Å². The summed E-state index contributed by atoms with van der Waals surface area (Å²) in [5.74, 6) is -0.230. The molecule has 0 saturated carbocycles. The highest BCUT2D eigenvalue weighted by molar-refractivity contribution is 5.76. The van der Waals surface area contributed by atoms with E-state index in [4.69, 9.17) is 5.73 Å². The first-order chi connectivity index (χ1) is 6.63. The summed E-state index contributed by atoms with van der Waals surface area (Å²) >= 11 is 0. The van der Waals surface area contributed by atoms with Gasteiger partial charge in [-0.2, -0.15) is 0 Å². The molecule has 0 saturated heterocycles. The summed E-state index contributed by atoms with van der Waals surface area (Å²) in [5, 5.41) is 2.48. The highest BCUT2D eigenvalue weighted by Crippen LogP contribution is 1.88. The fourth-order valence-electron chi connectivity index (χ4n) is 0.735. The van der Waals surface area contributed by atoms with Crippen molar-refractivity contribution in [3.05, 3.63) is 25.4 Å². The Balaban J connectivity index is 3.78. The predicted octanol–water partition coefficient (Wildman–Crippen LogP) is -0.435. The summed E-state index contributed by atoms with van der Waals surface area (Å²) in [6.45, 7) is 7.12. The van der Waals surface area contributed by atoms with Gasteiger partial charge < -0.3 is 16.0 Å². The van der Waals surface area contributed by atoms with Crippen LogP contribution in [0.1, 0.15) is 6.42 Å². The van der Waals surface area contributed by atoms with Crippen molar-refractivity contribution in [2.45, 2.75) is 12.6 Å². The molecule has 0 aromatic carbocycles. The van der Waals surface area contributed by atoms with Gasteiger partial charge in [0.2, 0.25) is 12.3 Å². The first-order valence-electron chi connectivity index (χ1n) is 4.15. The molecule has 0 aliphatic heterocycles. The largest absolute Gasteiger partial charge is 0.337 e. The van der Waals surface area contributed by atoms with Gasteiger partial charge in [0.25, 0.3) is 0 Å². The van der Waals surface area contributed by atoms with Crippen LogP contribution in [0.15, 0.2) is 25.4 Å². The van der Waals surface area contributed by atoms with E-state index in [-0.39, 0.29) is 12.3 Å². The van der Waals surface area contributed by atoms with Crippen LogP contribution in [0.25, 0.3) is 0 Å². The Bertz CT molecular complexity index is 220. The van der Waals surface area contributed by atoms with E-state index in [1.165, 1.54) is 17.2 Å². The molecule has 0 rings (SSSR count). The van der Waals surface area contributed by atoms with Gasteiger partial charge in [-0.25, -0.2) is 0 Å². The first kappa shape index (κ1) is 12.4. The van der Waals surface area contributed by atoms with Crippen LogP contribution in [0.4, 0.5) is 0 Å². The molecule has 5 heteroatoms. The Labute approximate surface area is 83.3 Å². The minimum absolute atomic E-state index is 0.187. The second-order valence-electron chi connectivity index (χ2n) is 2.60. The minimum atomic E-state index is -0.545. The van der Waals surface area contributed by atoms with Gasteiger partial charge in [0.1, 0.15) is 0 Å². The molecule has 0 fully saturated rings. The van der Waals surface area contributed by atoms with Crippen molar-refractivity contribution in [2.75, 3.05) is 6.54 Å². The molecule has 0 radical (unpaired) electrons. The molecule has 1 unspecified atom stereocenters. The van der Waals surface area contributed by atoms with Gasteiger partial charge in [-0.15, -0.1) is 0 Å². The summed E-state index contributed by atoms with van der Waals surface area (Å²) in [6.07, 6.45) is 3.02. The molecule has 5 nitrogen and oxygen atoms in total. The number of carbonyl (C=O) groups excluding carboxylic acids is 2. The average Bonchev–Trinajstić information content (AvgIpc) is 2.19. The maximum Gasteiger partial charge on any atom is 0.223 e. The van der Waals surface area contributed by atoms with Gasteiger partial charge in [0.05, 0.1) is 6.17 Å². The van der Waals surface area contributed by atoms with Gasteiger partial charge in [-0.3, -0.25) is 9.59 Å². The zero-order valence-corrected chi connectivity index (χ0v) is 7.98. The van der Waals surface area contributed by atoms with E-state index in [1.54, 1.807) is 0 Å². The van der Waals surface area contributed by atoms with Gasteiger partial charge in [-0.05, 0) is 6.20 Å². The SMILES string of the molecule is C=CC(N)NC(=O)CCN(C=C)C=O. The molecule has 0 spiro atoms. The molecular weight excluding hydrogens is 182 g/mol. The number of nitrogens with zero attached hydrogens (tertiary/aromatic N) is 1. The van der Waals surface area contributed by atoms with Crippen molar-refractivity contribution < 1.29 is 9.59 Å². The van der Waals surface area contributed by atoms with Crippen molar-refractivity contribution in [1.29, 1.82) is 0 Å². The highest BCUT2D eigenvalue weighted by Gasteiger charge is 2.05. The fourth-order valence-corrected chi connectivity index (χ4v) is 0.735. The molecule has 0 bridgehead atoms. The van der Waals surface area contributed by atoms with E-state index in [1.807, 2.05) is 0 Å². The first-order valence-corrected chi connectivity index (χ1v) is 4.15. The lowest BCUT2D eigenvalue weighted by Gasteiger charge is -2.12. The van der Waals surface area contributed by atoms with Crippen molar-refractivity contribution in [3.63, 3.8) is 0 Å². The van der Waals surface area contributed by atoms with E-state index in [9.17, 15) is 9.59 Å². The Hall–Kier alpha value is -1.62. The Morgan fingerprint density at radius 1 is 1.57 bits per heavy atom. The molecular formula is C9H15N3O2. The second kappa shape index (κ2) is 6.85. The van der Waals surface area contributed by atoms with Crippen LogP contribution < -0.4 is 11.1 Å². The van der Waals surface area contributed by atoms with Gasteiger partial charge in [-0.1, -0.05) is 19.2 Å². The molecule has 0 heterocycles. The lowest BCUT2D eigenvalue weighted by atomic mass is 10.3. The highest BCUT2D eigenvalue weighted by atomic mass is 16.2. The predicted molar refractivity (Wildman–Crippen MR) is 53.9 cm³/mol. The number of hydrogen-bond donors (Lipinski definition) is 2. The van der Waals surface area contributed by atoms with E-state index in [2.05, 4.69) is 18.5 Å². The van der Waals surface area contributed by atoms with Crippen molar-refractivity contribution >= 4 is 12.3 Å². The summed E-state index contributed by atoms with van der Waals surface area (Å²) < 4.78 is 0. The maximum atomic E-state index is 11.1. The summed E-state index contributed by atoms with van der Waals surface area (Å²) in [7, 11) is 0. The van der Waals surface area contributed by atoms with Gasteiger partial charge in [0, 0.05) is 13.0 Å². The summed E-state index contributed by atoms with van der Waals surface area (Å²) in [5.41, 5.74) is 5.39. The van der Waals surface area contributed by atoms with Crippen LogP contribution >= 0.6 is 0 Å². The topological polar surface area (TPSA) is 75.4 Å². The van der Waals surface area contributed by atoms with Crippen LogP contribution in [0.3, 0.4) is 0 Å². The number of amides is 2. The third-order valence-electron chi connectivity index (χ3n) is 1.55. The van der Waals surface area contributed by atoms with Crippen molar-refractivity contribution in [1.82, 2.24) is 10.2 Å². The maximum absolute atomic E-state index is 11.1. The van der Waals surface area contributed by atoms with Gasteiger partial charge in [0.15, 0.2) is 0 Å². The number of nitrogens with two attached hydrogens (primary N) is 1. The molecule has 0 aromatic rings. The fraction of sp³-hybridized carbons (Fsp3) is 0.333. The molecule has 2 amide bonds.